The van der Waals surface area contributed by atoms with Crippen LogP contribution in [0, 0.1) is 5.92 Å². The van der Waals surface area contributed by atoms with Crippen LogP contribution in [-0.4, -0.2) is 25.7 Å². The molecule has 1 unspecified atom stereocenters. The Morgan fingerprint density at radius 3 is 2.55 bits per heavy atom. The van der Waals surface area contributed by atoms with E-state index in [-0.39, 0.29) is 12.1 Å². The zero-order valence-corrected chi connectivity index (χ0v) is 12.5. The lowest BCUT2D eigenvalue weighted by Crippen LogP contribution is -2.43. The zero-order chi connectivity index (χ0) is 15.0. The van der Waals surface area contributed by atoms with Crippen molar-refractivity contribution < 1.29 is 9.53 Å². The molecule has 0 spiro atoms. The van der Waals surface area contributed by atoms with Gasteiger partial charge in [0, 0.05) is 12.6 Å². The fraction of sp³-hybridized carbons (Fsp3) is 0.533. The van der Waals surface area contributed by atoms with Crippen LogP contribution in [-0.2, 0) is 0 Å². The molecule has 0 bridgehead atoms. The predicted molar refractivity (Wildman–Crippen MR) is 82.1 cm³/mol. The van der Waals surface area contributed by atoms with E-state index in [1.807, 2.05) is 12.1 Å². The van der Waals surface area contributed by atoms with Crippen LogP contribution in [0.15, 0.2) is 24.3 Å². The van der Waals surface area contributed by atoms with E-state index in [0.29, 0.717) is 23.9 Å². The van der Waals surface area contributed by atoms with Gasteiger partial charge in [-0.1, -0.05) is 38.8 Å². The molecule has 4 N–H and O–H groups in total. The summed E-state index contributed by atoms with van der Waals surface area (Å²) in [5, 5.41) is 5.56. The summed E-state index contributed by atoms with van der Waals surface area (Å²) in [4.78, 5) is 11.9. The van der Waals surface area contributed by atoms with E-state index in [0.717, 1.165) is 12.8 Å². The first kappa shape index (κ1) is 16.3. The van der Waals surface area contributed by atoms with Crippen LogP contribution in [0.1, 0.15) is 26.7 Å². The molecule has 0 aliphatic rings. The maximum absolute atomic E-state index is 11.9. The number of para-hydroxylation sites is 2. The van der Waals surface area contributed by atoms with Gasteiger partial charge in [0.1, 0.15) is 5.75 Å². The molecule has 0 radical (unpaired) electrons. The summed E-state index contributed by atoms with van der Waals surface area (Å²) in [6, 6.07) is 6.99. The van der Waals surface area contributed by atoms with E-state index in [9.17, 15) is 4.79 Å². The minimum Gasteiger partial charge on any atom is -0.495 e. The van der Waals surface area contributed by atoms with Crippen LogP contribution >= 0.6 is 0 Å². The molecule has 0 saturated heterocycles. The fourth-order valence-electron chi connectivity index (χ4n) is 2.19. The van der Waals surface area contributed by atoms with E-state index in [1.165, 1.54) is 0 Å². The highest BCUT2D eigenvalue weighted by molar-refractivity contribution is 5.90. The van der Waals surface area contributed by atoms with Gasteiger partial charge in [0.05, 0.1) is 12.8 Å². The molecule has 1 aromatic rings. The molecule has 5 heteroatoms. The Labute approximate surface area is 120 Å². The van der Waals surface area contributed by atoms with Crippen molar-refractivity contribution in [3.63, 3.8) is 0 Å². The van der Waals surface area contributed by atoms with Crippen molar-refractivity contribution in [2.75, 3.05) is 19.0 Å². The Balaban J connectivity index is 2.48. The van der Waals surface area contributed by atoms with E-state index in [1.54, 1.807) is 19.2 Å². The molecule has 5 nitrogen and oxygen atoms in total. The van der Waals surface area contributed by atoms with E-state index in [4.69, 9.17) is 10.5 Å². The number of urea groups is 1. The molecule has 112 valence electrons. The molecule has 0 saturated carbocycles. The first-order valence-electron chi connectivity index (χ1n) is 7.05. The molecular weight excluding hydrogens is 254 g/mol. The van der Waals surface area contributed by atoms with Gasteiger partial charge in [0.15, 0.2) is 0 Å². The molecule has 0 aliphatic heterocycles. The molecular formula is C15H25N3O2. The number of carbonyl (C=O) groups excluding carboxylic acids is 1. The number of hydrogen-bond donors (Lipinski definition) is 3. The Morgan fingerprint density at radius 2 is 1.95 bits per heavy atom. The second-order valence-corrected chi connectivity index (χ2v) is 4.78. The van der Waals surface area contributed by atoms with Gasteiger partial charge in [-0.15, -0.1) is 0 Å². The van der Waals surface area contributed by atoms with Gasteiger partial charge in [-0.2, -0.15) is 0 Å². The quantitative estimate of drug-likeness (QED) is 0.718. The lowest BCUT2D eigenvalue weighted by molar-refractivity contribution is 0.249. The molecule has 0 fully saturated rings. The van der Waals surface area contributed by atoms with Gasteiger partial charge in [-0.3, -0.25) is 0 Å². The molecule has 0 aliphatic carbocycles. The number of anilines is 1. The summed E-state index contributed by atoms with van der Waals surface area (Å²) < 4.78 is 5.18. The van der Waals surface area contributed by atoms with Crippen molar-refractivity contribution in [3.05, 3.63) is 24.3 Å². The molecule has 1 aromatic carbocycles. The molecule has 1 atom stereocenters. The SMILES string of the molecule is CCC(CC)C(N)CNC(=O)Nc1ccccc1OC. The molecule has 20 heavy (non-hydrogen) atoms. The topological polar surface area (TPSA) is 76.4 Å². The Bertz CT molecular complexity index is 419. The first-order chi connectivity index (χ1) is 9.62. The lowest BCUT2D eigenvalue weighted by Gasteiger charge is -2.21. The highest BCUT2D eigenvalue weighted by Gasteiger charge is 2.15. The summed E-state index contributed by atoms with van der Waals surface area (Å²) in [5.74, 6) is 1.06. The Kier molecular flexibility index (Phi) is 6.87. The Morgan fingerprint density at radius 1 is 1.30 bits per heavy atom. The average Bonchev–Trinajstić information content (AvgIpc) is 2.47. The normalized spacial score (nSPS) is 12.1. The van der Waals surface area contributed by atoms with Crippen LogP contribution in [0.4, 0.5) is 10.5 Å². The molecule has 0 heterocycles. The monoisotopic (exact) mass is 279 g/mol. The second-order valence-electron chi connectivity index (χ2n) is 4.78. The lowest BCUT2D eigenvalue weighted by atomic mass is 9.95. The van der Waals surface area contributed by atoms with Crippen LogP contribution in [0.3, 0.4) is 0 Å². The van der Waals surface area contributed by atoms with Crippen molar-refractivity contribution in [1.29, 1.82) is 0 Å². The zero-order valence-electron chi connectivity index (χ0n) is 12.5. The van der Waals surface area contributed by atoms with Crippen molar-refractivity contribution in [2.45, 2.75) is 32.7 Å². The largest absolute Gasteiger partial charge is 0.495 e. The van der Waals surface area contributed by atoms with Crippen molar-refractivity contribution in [2.24, 2.45) is 11.7 Å². The van der Waals surface area contributed by atoms with Crippen LogP contribution < -0.4 is 21.1 Å². The van der Waals surface area contributed by atoms with E-state index in [2.05, 4.69) is 24.5 Å². The third kappa shape index (κ3) is 4.74. The maximum atomic E-state index is 11.9. The van der Waals surface area contributed by atoms with Crippen molar-refractivity contribution >= 4 is 11.7 Å². The van der Waals surface area contributed by atoms with Crippen LogP contribution in [0.5, 0.6) is 5.75 Å². The summed E-state index contributed by atoms with van der Waals surface area (Å²) in [5.41, 5.74) is 6.71. The van der Waals surface area contributed by atoms with Gasteiger partial charge < -0.3 is 21.1 Å². The second kappa shape index (κ2) is 8.43. The predicted octanol–water partition coefficient (Wildman–Crippen LogP) is 2.58. The smallest absolute Gasteiger partial charge is 0.319 e. The number of benzene rings is 1. The highest BCUT2D eigenvalue weighted by atomic mass is 16.5. The number of amides is 2. The Hall–Kier alpha value is -1.75. The molecule has 2 amide bonds. The van der Waals surface area contributed by atoms with E-state index >= 15 is 0 Å². The first-order valence-corrected chi connectivity index (χ1v) is 7.05. The van der Waals surface area contributed by atoms with Crippen LogP contribution in [0.2, 0.25) is 0 Å². The molecule has 1 rings (SSSR count). The van der Waals surface area contributed by atoms with Gasteiger partial charge >= 0.3 is 6.03 Å². The highest BCUT2D eigenvalue weighted by Crippen LogP contribution is 2.22. The minimum absolute atomic E-state index is 0.0200. The number of hydrogen-bond acceptors (Lipinski definition) is 3. The number of methoxy groups -OCH3 is 1. The van der Waals surface area contributed by atoms with Gasteiger partial charge in [-0.05, 0) is 18.1 Å². The van der Waals surface area contributed by atoms with Gasteiger partial charge in [0.25, 0.3) is 0 Å². The summed E-state index contributed by atoms with van der Waals surface area (Å²) in [7, 11) is 1.57. The van der Waals surface area contributed by atoms with Crippen LogP contribution in [0.25, 0.3) is 0 Å². The third-order valence-electron chi connectivity index (χ3n) is 3.51. The third-order valence-corrected chi connectivity index (χ3v) is 3.51. The van der Waals surface area contributed by atoms with Gasteiger partial charge in [0.2, 0.25) is 0 Å². The van der Waals surface area contributed by atoms with Gasteiger partial charge in [-0.25, -0.2) is 4.79 Å². The number of ether oxygens (including phenoxy) is 1. The van der Waals surface area contributed by atoms with Crippen molar-refractivity contribution in [3.8, 4) is 5.75 Å². The standard InChI is InChI=1S/C15H25N3O2/c1-4-11(5-2)12(16)10-17-15(19)18-13-8-6-7-9-14(13)20-3/h6-9,11-12H,4-5,10,16H2,1-3H3,(H2,17,18,19). The summed E-state index contributed by atoms with van der Waals surface area (Å²) in [6.45, 7) is 4.69. The minimum atomic E-state index is -0.268. The fourth-order valence-corrected chi connectivity index (χ4v) is 2.19. The van der Waals surface area contributed by atoms with E-state index < -0.39 is 0 Å². The summed E-state index contributed by atoms with van der Waals surface area (Å²) in [6.07, 6.45) is 2.04. The number of nitrogens with one attached hydrogen (secondary N) is 2. The molecule has 0 aromatic heterocycles. The average molecular weight is 279 g/mol. The number of rotatable bonds is 7. The number of carbonyl (C=O) groups is 1. The maximum Gasteiger partial charge on any atom is 0.319 e. The summed E-state index contributed by atoms with van der Waals surface area (Å²) >= 11 is 0. The van der Waals surface area contributed by atoms with Crippen molar-refractivity contribution in [1.82, 2.24) is 5.32 Å². The number of nitrogens with two attached hydrogens (primary N) is 1.